The van der Waals surface area contributed by atoms with E-state index >= 15 is 0 Å². The van der Waals surface area contributed by atoms with Gasteiger partial charge in [-0.15, -0.1) is 0 Å². The van der Waals surface area contributed by atoms with Crippen molar-refractivity contribution in [2.24, 2.45) is 5.10 Å². The van der Waals surface area contributed by atoms with Crippen LogP contribution in [0.25, 0.3) is 0 Å². The average molecular weight is 465 g/mol. The number of para-hydroxylation sites is 1. The van der Waals surface area contributed by atoms with Gasteiger partial charge in [-0.25, -0.2) is 5.43 Å². The average Bonchev–Trinajstić information content (AvgIpc) is 3.25. The standard InChI is InChI=1S/C24H18Cl2N4O2/c25-19-10-9-18(22(26)14-19)16-30-12-11-23(29-30)24(31)28-27-15-17-5-4-8-21(13-17)32-20-6-2-1-3-7-20/h1-15H,16H2,(H,28,31)/b27-15+. The Kier molecular flexibility index (Phi) is 6.84. The van der Waals surface area contributed by atoms with Crippen molar-refractivity contribution < 1.29 is 9.53 Å². The number of nitrogens with one attached hydrogen (secondary N) is 1. The van der Waals surface area contributed by atoms with Crippen LogP contribution in [0.2, 0.25) is 10.0 Å². The van der Waals surface area contributed by atoms with Crippen molar-refractivity contribution in [3.05, 3.63) is 112 Å². The Morgan fingerprint density at radius 3 is 2.62 bits per heavy atom. The van der Waals surface area contributed by atoms with Crippen LogP contribution in [-0.2, 0) is 6.54 Å². The highest BCUT2D eigenvalue weighted by molar-refractivity contribution is 6.35. The van der Waals surface area contributed by atoms with Crippen LogP contribution in [0, 0.1) is 0 Å². The molecule has 4 rings (SSSR count). The van der Waals surface area contributed by atoms with Gasteiger partial charge in [-0.05, 0) is 53.6 Å². The minimum absolute atomic E-state index is 0.244. The Bertz CT molecular complexity index is 1260. The predicted octanol–water partition coefficient (Wildman–Crippen LogP) is 5.79. The molecule has 1 aromatic heterocycles. The Labute approximate surface area is 195 Å². The summed E-state index contributed by atoms with van der Waals surface area (Å²) in [5, 5.41) is 9.40. The van der Waals surface area contributed by atoms with Crippen molar-refractivity contribution >= 4 is 35.3 Å². The molecule has 0 spiro atoms. The number of nitrogens with zero attached hydrogens (tertiary/aromatic N) is 3. The summed E-state index contributed by atoms with van der Waals surface area (Å²) >= 11 is 12.1. The third-order valence-corrected chi connectivity index (χ3v) is 5.02. The number of aromatic nitrogens is 2. The van der Waals surface area contributed by atoms with Gasteiger partial charge in [0.1, 0.15) is 11.5 Å². The van der Waals surface area contributed by atoms with Gasteiger partial charge in [0.15, 0.2) is 5.69 Å². The van der Waals surface area contributed by atoms with Crippen molar-refractivity contribution in [3.63, 3.8) is 0 Å². The number of hydrazone groups is 1. The molecule has 0 atom stereocenters. The summed E-state index contributed by atoms with van der Waals surface area (Å²) in [6.07, 6.45) is 3.24. The number of hydrogen-bond acceptors (Lipinski definition) is 4. The SMILES string of the molecule is O=C(N/N=C/c1cccc(Oc2ccccc2)c1)c1ccn(Cc2ccc(Cl)cc2Cl)n1. The molecule has 0 unspecified atom stereocenters. The minimum Gasteiger partial charge on any atom is -0.457 e. The molecule has 1 N–H and O–H groups in total. The van der Waals surface area contributed by atoms with E-state index in [0.717, 1.165) is 16.9 Å². The number of hydrogen-bond donors (Lipinski definition) is 1. The van der Waals surface area contributed by atoms with Crippen LogP contribution in [-0.4, -0.2) is 21.9 Å². The molecule has 6 nitrogen and oxygen atoms in total. The largest absolute Gasteiger partial charge is 0.457 e. The summed E-state index contributed by atoms with van der Waals surface area (Å²) in [5.74, 6) is 0.996. The van der Waals surface area contributed by atoms with Crippen LogP contribution < -0.4 is 10.2 Å². The molecular weight excluding hydrogens is 447 g/mol. The van der Waals surface area contributed by atoms with E-state index in [1.165, 1.54) is 0 Å². The summed E-state index contributed by atoms with van der Waals surface area (Å²) < 4.78 is 7.43. The Morgan fingerprint density at radius 1 is 1.00 bits per heavy atom. The van der Waals surface area contributed by atoms with Gasteiger partial charge in [-0.2, -0.15) is 10.2 Å². The van der Waals surface area contributed by atoms with Crippen LogP contribution in [0.5, 0.6) is 11.5 Å². The summed E-state index contributed by atoms with van der Waals surface area (Å²) in [4.78, 5) is 12.4. The molecule has 0 aliphatic heterocycles. The maximum atomic E-state index is 12.4. The molecule has 0 saturated heterocycles. The van der Waals surface area contributed by atoms with Crippen LogP contribution >= 0.6 is 23.2 Å². The van der Waals surface area contributed by atoms with Crippen LogP contribution in [0.15, 0.2) is 90.2 Å². The predicted molar refractivity (Wildman–Crippen MR) is 126 cm³/mol. The second kappa shape index (κ2) is 10.1. The number of rotatable bonds is 7. The van der Waals surface area contributed by atoms with E-state index in [9.17, 15) is 4.79 Å². The van der Waals surface area contributed by atoms with Gasteiger partial charge in [0, 0.05) is 16.2 Å². The van der Waals surface area contributed by atoms with E-state index in [1.54, 1.807) is 35.3 Å². The first-order valence-electron chi connectivity index (χ1n) is 9.70. The fourth-order valence-corrected chi connectivity index (χ4v) is 3.37. The monoisotopic (exact) mass is 464 g/mol. The Balaban J connectivity index is 1.35. The fraction of sp³-hybridized carbons (Fsp3) is 0.0417. The third-order valence-electron chi connectivity index (χ3n) is 4.44. The van der Waals surface area contributed by atoms with Crippen LogP contribution in [0.4, 0.5) is 0 Å². The van der Waals surface area contributed by atoms with Crippen LogP contribution in [0.1, 0.15) is 21.6 Å². The zero-order valence-corrected chi connectivity index (χ0v) is 18.3. The molecule has 0 aliphatic carbocycles. The molecule has 32 heavy (non-hydrogen) atoms. The zero-order chi connectivity index (χ0) is 22.3. The van der Waals surface area contributed by atoms with Crippen molar-refractivity contribution in [2.45, 2.75) is 6.54 Å². The molecule has 160 valence electrons. The quantitative estimate of drug-likeness (QED) is 0.277. The van der Waals surface area contributed by atoms with Gasteiger partial charge in [0.25, 0.3) is 5.91 Å². The molecule has 3 aromatic carbocycles. The van der Waals surface area contributed by atoms with Crippen LogP contribution in [0.3, 0.4) is 0 Å². The lowest BCUT2D eigenvalue weighted by Crippen LogP contribution is -2.18. The van der Waals surface area contributed by atoms with E-state index in [4.69, 9.17) is 27.9 Å². The highest BCUT2D eigenvalue weighted by Crippen LogP contribution is 2.22. The van der Waals surface area contributed by atoms with Crippen molar-refractivity contribution in [3.8, 4) is 11.5 Å². The van der Waals surface area contributed by atoms with Crippen molar-refractivity contribution in [1.82, 2.24) is 15.2 Å². The molecule has 0 radical (unpaired) electrons. The molecule has 4 aromatic rings. The summed E-state index contributed by atoms with van der Waals surface area (Å²) in [5.41, 5.74) is 4.36. The summed E-state index contributed by atoms with van der Waals surface area (Å²) in [7, 11) is 0. The van der Waals surface area contributed by atoms with Crippen molar-refractivity contribution in [2.75, 3.05) is 0 Å². The fourth-order valence-electron chi connectivity index (χ4n) is 2.90. The number of benzene rings is 3. The van der Waals surface area contributed by atoms with E-state index in [0.29, 0.717) is 22.3 Å². The molecule has 0 bridgehead atoms. The lowest BCUT2D eigenvalue weighted by molar-refractivity contribution is 0.0949. The minimum atomic E-state index is -0.418. The van der Waals surface area contributed by atoms with Gasteiger partial charge in [-0.3, -0.25) is 9.48 Å². The van der Waals surface area contributed by atoms with Gasteiger partial charge < -0.3 is 4.74 Å². The Morgan fingerprint density at radius 2 is 1.81 bits per heavy atom. The molecule has 1 heterocycles. The van der Waals surface area contributed by atoms with Gasteiger partial charge >= 0.3 is 0 Å². The molecule has 8 heteroatoms. The summed E-state index contributed by atoms with van der Waals surface area (Å²) in [6, 6.07) is 23.7. The molecular formula is C24H18Cl2N4O2. The topological polar surface area (TPSA) is 68.5 Å². The van der Waals surface area contributed by atoms with Crippen molar-refractivity contribution in [1.29, 1.82) is 0 Å². The Hall–Kier alpha value is -3.61. The number of carbonyl (C=O) groups is 1. The maximum absolute atomic E-state index is 12.4. The second-order valence-corrected chi connectivity index (χ2v) is 7.66. The number of carbonyl (C=O) groups excluding carboxylic acids is 1. The maximum Gasteiger partial charge on any atom is 0.291 e. The zero-order valence-electron chi connectivity index (χ0n) is 16.8. The molecule has 0 aliphatic rings. The smallest absolute Gasteiger partial charge is 0.291 e. The lowest BCUT2D eigenvalue weighted by Gasteiger charge is -2.05. The van der Waals surface area contributed by atoms with E-state index in [1.807, 2.05) is 60.7 Å². The molecule has 0 fully saturated rings. The summed E-state index contributed by atoms with van der Waals surface area (Å²) in [6.45, 7) is 0.417. The third kappa shape index (κ3) is 5.75. The lowest BCUT2D eigenvalue weighted by atomic mass is 10.2. The first-order valence-corrected chi connectivity index (χ1v) is 10.5. The second-order valence-electron chi connectivity index (χ2n) is 6.82. The van der Waals surface area contributed by atoms with E-state index in [-0.39, 0.29) is 5.69 Å². The van der Waals surface area contributed by atoms with Gasteiger partial charge in [0.05, 0.1) is 12.8 Å². The normalized spacial score (nSPS) is 10.9. The number of ether oxygens (including phenoxy) is 1. The molecule has 1 amide bonds. The highest BCUT2D eigenvalue weighted by atomic mass is 35.5. The first kappa shape index (κ1) is 21.6. The number of amides is 1. The molecule has 0 saturated carbocycles. The first-order chi connectivity index (χ1) is 15.6. The highest BCUT2D eigenvalue weighted by Gasteiger charge is 2.10. The number of halogens is 2. The van der Waals surface area contributed by atoms with Gasteiger partial charge in [-0.1, -0.05) is 59.6 Å². The van der Waals surface area contributed by atoms with E-state index in [2.05, 4.69) is 15.6 Å². The van der Waals surface area contributed by atoms with Gasteiger partial charge in [0.2, 0.25) is 0 Å². The van der Waals surface area contributed by atoms with E-state index < -0.39 is 5.91 Å².